The molecule has 5 nitrogen and oxygen atoms in total. The highest BCUT2D eigenvalue weighted by Crippen LogP contribution is 1.89. The zero-order valence-electron chi connectivity index (χ0n) is 5.06. The van der Waals surface area contributed by atoms with Crippen LogP contribution in [-0.2, 0) is 0 Å². The standard InChI is InChI=1S/C4H9NO4S/c6-1-2(7)3(8)5-4(9)10/h2-3,6-8H,1H2,(H2,5,9,10). The summed E-state index contributed by atoms with van der Waals surface area (Å²) in [5.41, 5.74) is 0. The molecule has 0 aromatic heterocycles. The molecule has 0 heterocycles. The van der Waals surface area contributed by atoms with Gasteiger partial charge in [-0.1, -0.05) is 12.6 Å². The normalized spacial score (nSPS) is 16.0. The molecule has 0 radical (unpaired) electrons. The van der Waals surface area contributed by atoms with E-state index >= 15 is 0 Å². The van der Waals surface area contributed by atoms with Crippen LogP contribution in [0.3, 0.4) is 0 Å². The fourth-order valence-electron chi connectivity index (χ4n) is 0.323. The summed E-state index contributed by atoms with van der Waals surface area (Å²) in [6.45, 7) is -0.616. The van der Waals surface area contributed by atoms with E-state index in [9.17, 15) is 4.79 Å². The molecule has 1 amide bonds. The predicted octanol–water partition coefficient (Wildman–Crippen LogP) is -1.70. The van der Waals surface area contributed by atoms with Crippen LogP contribution in [0.25, 0.3) is 0 Å². The first-order valence-corrected chi connectivity index (χ1v) is 2.99. The molecule has 6 heteroatoms. The molecule has 0 aromatic carbocycles. The minimum absolute atomic E-state index is 0.616. The molecule has 0 bridgehead atoms. The fraction of sp³-hybridized carbons (Fsp3) is 0.750. The zero-order chi connectivity index (χ0) is 8.15. The summed E-state index contributed by atoms with van der Waals surface area (Å²) in [4.78, 5) is 10.1. The van der Waals surface area contributed by atoms with E-state index in [-0.39, 0.29) is 0 Å². The van der Waals surface area contributed by atoms with Crippen LogP contribution in [-0.4, -0.2) is 39.5 Å². The van der Waals surface area contributed by atoms with Crippen LogP contribution in [0.15, 0.2) is 0 Å². The predicted molar refractivity (Wildman–Crippen MR) is 36.6 cm³/mol. The van der Waals surface area contributed by atoms with E-state index in [1.807, 2.05) is 5.32 Å². The maximum Gasteiger partial charge on any atom is 0.278 e. The van der Waals surface area contributed by atoms with Gasteiger partial charge in [-0.25, -0.2) is 0 Å². The fourth-order valence-corrected chi connectivity index (χ4v) is 0.455. The average molecular weight is 167 g/mol. The van der Waals surface area contributed by atoms with Crippen molar-refractivity contribution < 1.29 is 20.1 Å². The van der Waals surface area contributed by atoms with Crippen LogP contribution in [0, 0.1) is 0 Å². The van der Waals surface area contributed by atoms with Crippen molar-refractivity contribution in [1.29, 1.82) is 0 Å². The van der Waals surface area contributed by atoms with Crippen molar-refractivity contribution in [2.75, 3.05) is 6.61 Å². The third kappa shape index (κ3) is 3.67. The van der Waals surface area contributed by atoms with E-state index in [2.05, 4.69) is 12.6 Å². The van der Waals surface area contributed by atoms with Gasteiger partial charge >= 0.3 is 0 Å². The molecule has 0 rings (SSSR count). The molecule has 0 aromatic rings. The number of aliphatic hydroxyl groups excluding tert-OH is 3. The minimum Gasteiger partial charge on any atom is -0.394 e. The van der Waals surface area contributed by atoms with Crippen molar-refractivity contribution in [2.24, 2.45) is 0 Å². The molecule has 0 fully saturated rings. The van der Waals surface area contributed by atoms with E-state index in [4.69, 9.17) is 15.3 Å². The Kier molecular flexibility index (Phi) is 4.37. The highest BCUT2D eigenvalue weighted by molar-refractivity contribution is 7.96. The smallest absolute Gasteiger partial charge is 0.278 e. The number of carbonyl (C=O) groups is 1. The first-order valence-electron chi connectivity index (χ1n) is 2.54. The maximum atomic E-state index is 10.1. The number of carbonyl (C=O) groups excluding carboxylic acids is 1. The lowest BCUT2D eigenvalue weighted by atomic mass is 10.3. The lowest BCUT2D eigenvalue weighted by Gasteiger charge is -2.14. The van der Waals surface area contributed by atoms with Crippen molar-refractivity contribution >= 4 is 17.9 Å². The Balaban J connectivity index is 3.61. The largest absolute Gasteiger partial charge is 0.394 e. The summed E-state index contributed by atoms with van der Waals surface area (Å²) >= 11 is 3.27. The van der Waals surface area contributed by atoms with E-state index in [1.165, 1.54) is 0 Å². The Morgan fingerprint density at radius 3 is 2.40 bits per heavy atom. The summed E-state index contributed by atoms with van der Waals surface area (Å²) in [7, 11) is 0. The van der Waals surface area contributed by atoms with Gasteiger partial charge in [0.25, 0.3) is 5.24 Å². The lowest BCUT2D eigenvalue weighted by Crippen LogP contribution is -2.42. The second-order valence-electron chi connectivity index (χ2n) is 1.64. The van der Waals surface area contributed by atoms with E-state index in [0.717, 1.165) is 0 Å². The summed E-state index contributed by atoms with van der Waals surface area (Å²) in [6, 6.07) is 0. The summed E-state index contributed by atoms with van der Waals surface area (Å²) in [5, 5.41) is 26.7. The third-order valence-corrected chi connectivity index (χ3v) is 0.952. The van der Waals surface area contributed by atoms with Gasteiger partial charge in [-0.3, -0.25) is 4.79 Å². The molecule has 4 N–H and O–H groups in total. The Morgan fingerprint density at radius 1 is 1.60 bits per heavy atom. The van der Waals surface area contributed by atoms with Gasteiger partial charge in [0.1, 0.15) is 6.10 Å². The molecule has 2 unspecified atom stereocenters. The highest BCUT2D eigenvalue weighted by Gasteiger charge is 2.15. The molecule has 0 saturated heterocycles. The molecule has 0 saturated carbocycles. The van der Waals surface area contributed by atoms with Crippen molar-refractivity contribution in [3.8, 4) is 0 Å². The zero-order valence-corrected chi connectivity index (χ0v) is 5.95. The van der Waals surface area contributed by atoms with Crippen LogP contribution in [0.1, 0.15) is 0 Å². The number of amides is 1. The van der Waals surface area contributed by atoms with Crippen LogP contribution >= 0.6 is 12.6 Å². The summed E-state index contributed by atoms with van der Waals surface area (Å²) in [6.07, 6.45) is -2.83. The van der Waals surface area contributed by atoms with Gasteiger partial charge in [-0.05, 0) is 0 Å². The van der Waals surface area contributed by atoms with Gasteiger partial charge in [-0.15, -0.1) is 0 Å². The molecular formula is C4H9NO4S. The molecule has 0 aliphatic rings. The van der Waals surface area contributed by atoms with Crippen LogP contribution in [0.5, 0.6) is 0 Å². The van der Waals surface area contributed by atoms with E-state index in [1.54, 1.807) is 0 Å². The number of aliphatic hydroxyl groups is 3. The Morgan fingerprint density at radius 2 is 2.10 bits per heavy atom. The Labute approximate surface area is 63.1 Å². The number of thiol groups is 1. The molecule has 10 heavy (non-hydrogen) atoms. The van der Waals surface area contributed by atoms with E-state index < -0.39 is 24.2 Å². The van der Waals surface area contributed by atoms with Gasteiger partial charge in [0, 0.05) is 0 Å². The number of hydrogen-bond acceptors (Lipinski definition) is 4. The van der Waals surface area contributed by atoms with Gasteiger partial charge in [0.2, 0.25) is 0 Å². The van der Waals surface area contributed by atoms with Crippen molar-refractivity contribution in [1.82, 2.24) is 5.32 Å². The second kappa shape index (κ2) is 4.51. The number of rotatable bonds is 3. The van der Waals surface area contributed by atoms with E-state index in [0.29, 0.717) is 0 Å². The minimum atomic E-state index is -1.46. The quantitative estimate of drug-likeness (QED) is 0.256. The monoisotopic (exact) mass is 167 g/mol. The summed E-state index contributed by atoms with van der Waals surface area (Å²) < 4.78 is 0. The van der Waals surface area contributed by atoms with Crippen LogP contribution < -0.4 is 5.32 Å². The van der Waals surface area contributed by atoms with Gasteiger partial charge < -0.3 is 20.6 Å². The van der Waals surface area contributed by atoms with Gasteiger partial charge in [0.05, 0.1) is 6.61 Å². The number of hydrogen-bond donors (Lipinski definition) is 5. The van der Waals surface area contributed by atoms with Crippen LogP contribution in [0.2, 0.25) is 0 Å². The first kappa shape index (κ1) is 9.70. The molecule has 60 valence electrons. The summed E-state index contributed by atoms with van der Waals surface area (Å²) in [5.74, 6) is 0. The SMILES string of the molecule is O=C(S)NC(O)C(O)CO. The molecule has 2 atom stereocenters. The lowest BCUT2D eigenvalue weighted by molar-refractivity contribution is -0.0228. The molecular weight excluding hydrogens is 158 g/mol. The van der Waals surface area contributed by atoms with Crippen molar-refractivity contribution in [2.45, 2.75) is 12.3 Å². The topological polar surface area (TPSA) is 89.8 Å². The molecule has 0 aliphatic carbocycles. The average Bonchev–Trinajstić information content (AvgIpc) is 1.85. The molecule has 0 aliphatic heterocycles. The maximum absolute atomic E-state index is 10.1. The Bertz CT molecular complexity index is 120. The second-order valence-corrected chi connectivity index (χ2v) is 2.05. The van der Waals surface area contributed by atoms with Gasteiger partial charge in [-0.2, -0.15) is 0 Å². The Hall–Kier alpha value is -0.300. The van der Waals surface area contributed by atoms with Crippen LogP contribution in [0.4, 0.5) is 4.79 Å². The van der Waals surface area contributed by atoms with Crippen molar-refractivity contribution in [3.63, 3.8) is 0 Å². The third-order valence-electron chi connectivity index (χ3n) is 0.823. The van der Waals surface area contributed by atoms with Gasteiger partial charge in [0.15, 0.2) is 6.23 Å². The molecule has 0 spiro atoms. The van der Waals surface area contributed by atoms with Crippen molar-refractivity contribution in [3.05, 3.63) is 0 Å². The highest BCUT2D eigenvalue weighted by atomic mass is 32.1. The first-order chi connectivity index (χ1) is 4.57. The number of nitrogens with one attached hydrogen (secondary N) is 1.